The normalized spacial score (nSPS) is 10.5. The molecule has 0 radical (unpaired) electrons. The Balaban J connectivity index is 2.53. The minimum absolute atomic E-state index is 0.206. The second kappa shape index (κ2) is 9.89. The number of aromatic nitrogens is 1. The van der Waals surface area contributed by atoms with Crippen molar-refractivity contribution in [2.45, 2.75) is 26.7 Å². The molecule has 0 saturated carbocycles. The van der Waals surface area contributed by atoms with Crippen molar-refractivity contribution in [3.05, 3.63) is 29.6 Å². The molecular formula is C16H25N3O3. The van der Waals surface area contributed by atoms with E-state index in [1.54, 1.807) is 13.2 Å². The topological polar surface area (TPSA) is 80.3 Å². The van der Waals surface area contributed by atoms with Crippen LogP contribution >= 0.6 is 0 Å². The number of methoxy groups -OCH3 is 1. The fourth-order valence-corrected chi connectivity index (χ4v) is 1.79. The van der Waals surface area contributed by atoms with Crippen molar-refractivity contribution >= 4 is 11.8 Å². The Bertz CT molecular complexity index is 489. The number of hydrogen-bond donors (Lipinski definition) is 2. The van der Waals surface area contributed by atoms with Crippen LogP contribution < -0.4 is 10.6 Å². The molecular weight excluding hydrogens is 282 g/mol. The first kappa shape index (κ1) is 18.1. The molecule has 1 aromatic rings. The number of nitrogens with one attached hydrogen (secondary N) is 2. The maximum absolute atomic E-state index is 12.0. The van der Waals surface area contributed by atoms with E-state index in [1.807, 2.05) is 0 Å². The highest BCUT2D eigenvalue weighted by molar-refractivity contribution is 5.99. The highest BCUT2D eigenvalue weighted by Gasteiger charge is 2.11. The molecule has 6 heteroatoms. The van der Waals surface area contributed by atoms with Crippen LogP contribution in [0.4, 0.5) is 0 Å². The van der Waals surface area contributed by atoms with Gasteiger partial charge in [-0.05, 0) is 24.8 Å². The predicted octanol–water partition coefficient (Wildman–Crippen LogP) is 1.62. The van der Waals surface area contributed by atoms with Gasteiger partial charge >= 0.3 is 0 Å². The lowest BCUT2D eigenvalue weighted by Crippen LogP contribution is -2.27. The zero-order chi connectivity index (χ0) is 16.4. The van der Waals surface area contributed by atoms with Gasteiger partial charge in [0.2, 0.25) is 0 Å². The highest BCUT2D eigenvalue weighted by atomic mass is 16.5. The van der Waals surface area contributed by atoms with Crippen LogP contribution in [0, 0.1) is 5.92 Å². The van der Waals surface area contributed by atoms with Crippen LogP contribution in [-0.2, 0) is 4.74 Å². The Kier molecular flexibility index (Phi) is 8.14. The molecule has 0 aliphatic heterocycles. The summed E-state index contributed by atoms with van der Waals surface area (Å²) in [6.07, 6.45) is 4.58. The maximum Gasteiger partial charge on any atom is 0.252 e. The first-order chi connectivity index (χ1) is 10.5. The summed E-state index contributed by atoms with van der Waals surface area (Å²) in [6, 6.07) is 1.56. The lowest BCUT2D eigenvalue weighted by atomic mass is 10.1. The van der Waals surface area contributed by atoms with Crippen LogP contribution in [0.25, 0.3) is 0 Å². The van der Waals surface area contributed by atoms with Gasteiger partial charge in [0.1, 0.15) is 0 Å². The molecule has 0 fully saturated rings. The van der Waals surface area contributed by atoms with E-state index in [9.17, 15) is 9.59 Å². The number of nitrogens with zero attached hydrogens (tertiary/aromatic N) is 1. The molecule has 0 aliphatic carbocycles. The molecule has 0 spiro atoms. The van der Waals surface area contributed by atoms with E-state index in [2.05, 4.69) is 29.5 Å². The minimum atomic E-state index is -0.236. The molecule has 1 rings (SSSR count). The summed E-state index contributed by atoms with van der Waals surface area (Å²) in [7, 11) is 1.62. The van der Waals surface area contributed by atoms with E-state index in [0.717, 1.165) is 12.8 Å². The summed E-state index contributed by atoms with van der Waals surface area (Å²) in [5.74, 6) is 0.0882. The highest BCUT2D eigenvalue weighted by Crippen LogP contribution is 2.04. The van der Waals surface area contributed by atoms with E-state index >= 15 is 0 Å². The van der Waals surface area contributed by atoms with Gasteiger partial charge in [-0.25, -0.2) is 0 Å². The molecule has 0 atom stereocenters. The van der Waals surface area contributed by atoms with Crippen LogP contribution in [0.5, 0.6) is 0 Å². The molecule has 0 bridgehead atoms. The third-order valence-electron chi connectivity index (χ3n) is 3.08. The zero-order valence-corrected chi connectivity index (χ0v) is 13.5. The Morgan fingerprint density at radius 3 is 2.27 bits per heavy atom. The molecule has 6 nitrogen and oxygen atoms in total. The average molecular weight is 307 g/mol. The van der Waals surface area contributed by atoms with Gasteiger partial charge in [0.05, 0.1) is 11.1 Å². The zero-order valence-electron chi connectivity index (χ0n) is 13.5. The molecule has 1 aromatic heterocycles. The van der Waals surface area contributed by atoms with Crippen LogP contribution in [-0.4, -0.2) is 43.6 Å². The number of rotatable bonds is 9. The van der Waals surface area contributed by atoms with Gasteiger partial charge in [0, 0.05) is 39.2 Å². The summed E-state index contributed by atoms with van der Waals surface area (Å²) in [4.78, 5) is 27.9. The predicted molar refractivity (Wildman–Crippen MR) is 84.9 cm³/mol. The van der Waals surface area contributed by atoms with Crippen molar-refractivity contribution in [2.24, 2.45) is 5.92 Å². The first-order valence-corrected chi connectivity index (χ1v) is 7.55. The van der Waals surface area contributed by atoms with Crippen LogP contribution in [0.1, 0.15) is 47.4 Å². The monoisotopic (exact) mass is 307 g/mol. The Labute approximate surface area is 131 Å². The molecule has 2 amide bonds. The summed E-state index contributed by atoms with van der Waals surface area (Å²) in [6.45, 7) is 5.93. The number of pyridine rings is 1. The number of carbonyl (C=O) groups excluding carboxylic acids is 2. The van der Waals surface area contributed by atoms with E-state index < -0.39 is 0 Å². The molecule has 0 aromatic carbocycles. The third kappa shape index (κ3) is 6.67. The average Bonchev–Trinajstić information content (AvgIpc) is 2.51. The number of ether oxygens (including phenoxy) is 1. The fraction of sp³-hybridized carbons (Fsp3) is 0.562. The van der Waals surface area contributed by atoms with Crippen molar-refractivity contribution in [3.63, 3.8) is 0 Å². The number of hydrogen-bond acceptors (Lipinski definition) is 4. The Morgan fingerprint density at radius 2 is 1.73 bits per heavy atom. The molecule has 1 heterocycles. The maximum atomic E-state index is 12.0. The number of carbonyl (C=O) groups is 2. The van der Waals surface area contributed by atoms with E-state index in [-0.39, 0.29) is 11.8 Å². The second-order valence-electron chi connectivity index (χ2n) is 5.50. The van der Waals surface area contributed by atoms with Crippen molar-refractivity contribution < 1.29 is 14.3 Å². The van der Waals surface area contributed by atoms with Crippen molar-refractivity contribution in [1.29, 1.82) is 0 Å². The van der Waals surface area contributed by atoms with Gasteiger partial charge in [0.25, 0.3) is 11.8 Å². The molecule has 22 heavy (non-hydrogen) atoms. The second-order valence-corrected chi connectivity index (χ2v) is 5.50. The molecule has 122 valence electrons. The Hall–Kier alpha value is -1.95. The fourth-order valence-electron chi connectivity index (χ4n) is 1.79. The van der Waals surface area contributed by atoms with E-state index in [1.165, 1.54) is 12.4 Å². The summed E-state index contributed by atoms with van der Waals surface area (Å²) < 4.78 is 4.92. The molecule has 0 aliphatic rings. The van der Waals surface area contributed by atoms with Gasteiger partial charge < -0.3 is 15.4 Å². The molecule has 2 N–H and O–H groups in total. The summed E-state index contributed by atoms with van der Waals surface area (Å²) >= 11 is 0. The summed E-state index contributed by atoms with van der Waals surface area (Å²) in [5, 5.41) is 5.60. The minimum Gasteiger partial charge on any atom is -0.385 e. The Morgan fingerprint density at radius 1 is 1.14 bits per heavy atom. The van der Waals surface area contributed by atoms with Crippen LogP contribution in [0.2, 0.25) is 0 Å². The lowest BCUT2D eigenvalue weighted by molar-refractivity contribution is 0.0948. The van der Waals surface area contributed by atoms with Crippen LogP contribution in [0.3, 0.4) is 0 Å². The SMILES string of the molecule is COCCCNC(=O)c1cncc(C(=O)NCCC(C)C)c1. The standard InChI is InChI=1S/C16H25N3O3/c1-12(2)5-7-19-16(21)14-9-13(10-17-11-14)15(20)18-6-4-8-22-3/h9-12H,4-8H2,1-3H3,(H,18,20)(H,19,21). The lowest BCUT2D eigenvalue weighted by Gasteiger charge is -2.08. The van der Waals surface area contributed by atoms with Gasteiger partial charge in [0.15, 0.2) is 0 Å². The van der Waals surface area contributed by atoms with Crippen LogP contribution in [0.15, 0.2) is 18.5 Å². The first-order valence-electron chi connectivity index (χ1n) is 7.55. The smallest absolute Gasteiger partial charge is 0.252 e. The molecule has 0 unspecified atom stereocenters. The quantitative estimate of drug-likeness (QED) is 0.679. The van der Waals surface area contributed by atoms with Gasteiger partial charge in [-0.3, -0.25) is 14.6 Å². The van der Waals surface area contributed by atoms with Gasteiger partial charge in [-0.15, -0.1) is 0 Å². The van der Waals surface area contributed by atoms with Gasteiger partial charge in [-0.1, -0.05) is 13.8 Å². The van der Waals surface area contributed by atoms with Crippen molar-refractivity contribution in [3.8, 4) is 0 Å². The summed E-state index contributed by atoms with van der Waals surface area (Å²) in [5.41, 5.74) is 0.780. The molecule has 0 saturated heterocycles. The van der Waals surface area contributed by atoms with E-state index in [0.29, 0.717) is 36.7 Å². The van der Waals surface area contributed by atoms with Gasteiger partial charge in [-0.2, -0.15) is 0 Å². The van der Waals surface area contributed by atoms with Crippen molar-refractivity contribution in [1.82, 2.24) is 15.6 Å². The largest absolute Gasteiger partial charge is 0.385 e. The number of amides is 2. The third-order valence-corrected chi connectivity index (χ3v) is 3.08. The van der Waals surface area contributed by atoms with Crippen molar-refractivity contribution in [2.75, 3.05) is 26.8 Å². The van der Waals surface area contributed by atoms with E-state index in [4.69, 9.17) is 4.74 Å².